The molecule has 0 unspecified atom stereocenters. The minimum atomic E-state index is -3.17. The van der Waals surface area contributed by atoms with Crippen LogP contribution in [0.5, 0.6) is 0 Å². The first kappa shape index (κ1) is 13.5. The van der Waals surface area contributed by atoms with Gasteiger partial charge in [-0.15, -0.1) is 0 Å². The molecule has 0 aromatic rings. The first-order chi connectivity index (χ1) is 4.79. The van der Waals surface area contributed by atoms with Gasteiger partial charge in [-0.25, -0.2) is 13.6 Å². The Balaban J connectivity index is 0. The molecule has 0 aliphatic heterocycles. The van der Waals surface area contributed by atoms with Crippen molar-refractivity contribution < 1.29 is 8.42 Å². The Kier molecular flexibility index (Phi) is 8.11. The van der Waals surface area contributed by atoms with Crippen LogP contribution in [0.4, 0.5) is 0 Å². The quantitative estimate of drug-likeness (QED) is 0.699. The van der Waals surface area contributed by atoms with Gasteiger partial charge in [-0.05, 0) is 12.3 Å². The Labute approximate surface area is 70.0 Å². The molecule has 0 saturated carbocycles. The van der Waals surface area contributed by atoms with Crippen molar-refractivity contribution >= 4 is 10.0 Å². The molecule has 0 atom stereocenters. The fraction of sp³-hybridized carbons (Fsp3) is 1.00. The van der Waals surface area contributed by atoms with Crippen LogP contribution in [-0.2, 0) is 10.0 Å². The van der Waals surface area contributed by atoms with Crippen molar-refractivity contribution in [1.29, 1.82) is 0 Å². The molecule has 0 amide bonds. The van der Waals surface area contributed by atoms with Crippen LogP contribution in [0.1, 0.15) is 34.1 Å². The SMILES string of the molecule is CC(C)C.CCCS(N)(=O)=O. The van der Waals surface area contributed by atoms with Gasteiger partial charge in [-0.3, -0.25) is 0 Å². The molecule has 3 nitrogen and oxygen atoms in total. The van der Waals surface area contributed by atoms with Gasteiger partial charge in [0.1, 0.15) is 0 Å². The number of nitrogens with two attached hydrogens (primary N) is 1. The summed E-state index contributed by atoms with van der Waals surface area (Å²) in [6.07, 6.45) is 0.596. The number of rotatable bonds is 2. The van der Waals surface area contributed by atoms with Crippen LogP contribution in [0.3, 0.4) is 0 Å². The summed E-state index contributed by atoms with van der Waals surface area (Å²) in [5.74, 6) is 0.924. The first-order valence-corrected chi connectivity index (χ1v) is 5.51. The van der Waals surface area contributed by atoms with E-state index in [0.717, 1.165) is 5.92 Å². The van der Waals surface area contributed by atoms with Gasteiger partial charge >= 0.3 is 0 Å². The van der Waals surface area contributed by atoms with Gasteiger partial charge in [0.05, 0.1) is 5.75 Å². The van der Waals surface area contributed by atoms with E-state index < -0.39 is 10.0 Å². The highest BCUT2D eigenvalue weighted by molar-refractivity contribution is 7.89. The molecule has 0 spiro atoms. The number of primary sulfonamides is 1. The van der Waals surface area contributed by atoms with Crippen molar-refractivity contribution in [2.24, 2.45) is 11.1 Å². The van der Waals surface area contributed by atoms with E-state index in [9.17, 15) is 8.42 Å². The van der Waals surface area contributed by atoms with Crippen molar-refractivity contribution in [3.05, 3.63) is 0 Å². The van der Waals surface area contributed by atoms with Crippen LogP contribution in [-0.4, -0.2) is 14.2 Å². The van der Waals surface area contributed by atoms with Gasteiger partial charge in [0.25, 0.3) is 0 Å². The van der Waals surface area contributed by atoms with E-state index in [0.29, 0.717) is 6.42 Å². The molecule has 11 heavy (non-hydrogen) atoms. The summed E-state index contributed by atoms with van der Waals surface area (Å²) in [5, 5.41) is 4.62. The Hall–Kier alpha value is -0.0900. The van der Waals surface area contributed by atoms with Crippen LogP contribution >= 0.6 is 0 Å². The molecule has 4 heteroatoms. The lowest BCUT2D eigenvalue weighted by Gasteiger charge is -1.87. The van der Waals surface area contributed by atoms with E-state index in [1.807, 2.05) is 0 Å². The molecule has 0 bridgehead atoms. The summed E-state index contributed by atoms with van der Waals surface area (Å²) in [6, 6.07) is 0. The van der Waals surface area contributed by atoms with Gasteiger partial charge < -0.3 is 0 Å². The predicted octanol–water partition coefficient (Wildman–Crippen LogP) is 1.35. The molecule has 0 aromatic carbocycles. The van der Waals surface area contributed by atoms with Gasteiger partial charge in [0, 0.05) is 0 Å². The Morgan fingerprint density at radius 1 is 1.27 bits per heavy atom. The Bertz CT molecular complexity index is 159. The van der Waals surface area contributed by atoms with Crippen molar-refractivity contribution in [3.8, 4) is 0 Å². The lowest BCUT2D eigenvalue weighted by atomic mass is 10.3. The lowest BCUT2D eigenvalue weighted by Crippen LogP contribution is -2.15. The maximum atomic E-state index is 10.0. The van der Waals surface area contributed by atoms with E-state index in [4.69, 9.17) is 0 Å². The summed E-state index contributed by atoms with van der Waals surface area (Å²) in [4.78, 5) is 0. The van der Waals surface area contributed by atoms with Crippen molar-refractivity contribution in [1.82, 2.24) is 0 Å². The Morgan fingerprint density at radius 3 is 1.55 bits per heavy atom. The summed E-state index contributed by atoms with van der Waals surface area (Å²) in [6.45, 7) is 8.27. The van der Waals surface area contributed by atoms with E-state index in [1.165, 1.54) is 0 Å². The molecule has 0 aliphatic rings. The summed E-state index contributed by atoms with van der Waals surface area (Å²) in [7, 11) is -3.17. The van der Waals surface area contributed by atoms with Gasteiger partial charge in [-0.1, -0.05) is 27.7 Å². The molecule has 0 radical (unpaired) electrons. The molecule has 0 rings (SSSR count). The zero-order chi connectivity index (χ0) is 9.49. The summed E-state index contributed by atoms with van der Waals surface area (Å²) in [5.41, 5.74) is 0. The molecular formula is C7H19NO2S. The predicted molar refractivity (Wildman–Crippen MR) is 48.8 cm³/mol. The van der Waals surface area contributed by atoms with Gasteiger partial charge in [0.2, 0.25) is 10.0 Å². The number of hydrogen-bond donors (Lipinski definition) is 1. The standard InChI is InChI=1S/C4H10.C3H9NO2S/c1-4(2)3;1-2-3-7(4,5)6/h4H,1-3H3;2-3H2,1H3,(H2,4,5,6). The molecular weight excluding hydrogens is 162 g/mol. The molecule has 0 aromatic heterocycles. The highest BCUT2D eigenvalue weighted by Gasteiger charge is 1.95. The first-order valence-electron chi connectivity index (χ1n) is 3.80. The van der Waals surface area contributed by atoms with E-state index in [1.54, 1.807) is 6.92 Å². The number of hydrogen-bond acceptors (Lipinski definition) is 2. The second-order valence-corrected chi connectivity index (χ2v) is 4.83. The van der Waals surface area contributed by atoms with Crippen LogP contribution in [0.15, 0.2) is 0 Å². The molecule has 0 fully saturated rings. The molecule has 0 heterocycles. The third kappa shape index (κ3) is 40.6. The van der Waals surface area contributed by atoms with E-state index in [-0.39, 0.29) is 5.75 Å². The van der Waals surface area contributed by atoms with Gasteiger partial charge in [0.15, 0.2) is 0 Å². The van der Waals surface area contributed by atoms with E-state index >= 15 is 0 Å². The van der Waals surface area contributed by atoms with Crippen LogP contribution in [0.25, 0.3) is 0 Å². The average Bonchev–Trinajstić information content (AvgIpc) is 1.58. The zero-order valence-electron chi connectivity index (χ0n) is 7.79. The van der Waals surface area contributed by atoms with Gasteiger partial charge in [-0.2, -0.15) is 0 Å². The second-order valence-electron chi connectivity index (χ2n) is 3.10. The summed E-state index contributed by atoms with van der Waals surface area (Å²) >= 11 is 0. The third-order valence-corrected chi connectivity index (χ3v) is 1.47. The van der Waals surface area contributed by atoms with Crippen LogP contribution < -0.4 is 5.14 Å². The minimum Gasteiger partial charge on any atom is -0.229 e. The molecule has 0 aliphatic carbocycles. The van der Waals surface area contributed by atoms with Crippen molar-refractivity contribution in [2.45, 2.75) is 34.1 Å². The highest BCUT2D eigenvalue weighted by Crippen LogP contribution is 1.81. The zero-order valence-corrected chi connectivity index (χ0v) is 8.61. The van der Waals surface area contributed by atoms with Crippen LogP contribution in [0.2, 0.25) is 0 Å². The minimum absolute atomic E-state index is 0.0903. The maximum absolute atomic E-state index is 10.0. The topological polar surface area (TPSA) is 60.2 Å². The fourth-order valence-corrected chi connectivity index (χ4v) is 0.854. The molecule has 0 saturated heterocycles. The molecule has 2 N–H and O–H groups in total. The average molecular weight is 181 g/mol. The maximum Gasteiger partial charge on any atom is 0.209 e. The molecule has 70 valence electrons. The fourth-order valence-electron chi connectivity index (χ4n) is 0.285. The van der Waals surface area contributed by atoms with E-state index in [2.05, 4.69) is 25.9 Å². The second kappa shape index (κ2) is 6.61. The van der Waals surface area contributed by atoms with Crippen LogP contribution in [0, 0.1) is 5.92 Å². The summed E-state index contributed by atoms with van der Waals surface area (Å²) < 4.78 is 20.0. The number of sulfonamides is 1. The monoisotopic (exact) mass is 181 g/mol. The normalized spacial score (nSPS) is 10.7. The third-order valence-electron chi connectivity index (χ3n) is 0.489. The Morgan fingerprint density at radius 2 is 1.55 bits per heavy atom. The highest BCUT2D eigenvalue weighted by atomic mass is 32.2. The smallest absolute Gasteiger partial charge is 0.209 e. The largest absolute Gasteiger partial charge is 0.229 e. The van der Waals surface area contributed by atoms with Crippen molar-refractivity contribution in [2.75, 3.05) is 5.75 Å². The lowest BCUT2D eigenvalue weighted by molar-refractivity contribution is 0.596. The van der Waals surface area contributed by atoms with Crippen molar-refractivity contribution in [3.63, 3.8) is 0 Å².